The number of rotatable bonds is 5. The summed E-state index contributed by atoms with van der Waals surface area (Å²) in [4.78, 5) is 0. The third kappa shape index (κ3) is 2.69. The molecule has 0 radical (unpaired) electrons. The van der Waals surface area contributed by atoms with Crippen LogP contribution in [0.1, 0.15) is 30.9 Å². The molecule has 1 unspecified atom stereocenters. The van der Waals surface area contributed by atoms with Gasteiger partial charge in [-0.1, -0.05) is 30.5 Å². The number of hydrogen-bond donors (Lipinski definition) is 1. The number of methoxy groups -OCH3 is 1. The smallest absolute Gasteiger partial charge is 0.137 e. The lowest BCUT2D eigenvalue weighted by atomic mass is 10.0. The van der Waals surface area contributed by atoms with Crippen molar-refractivity contribution in [3.63, 3.8) is 0 Å². The maximum absolute atomic E-state index is 6.13. The molecule has 1 aromatic rings. The van der Waals surface area contributed by atoms with Crippen LogP contribution in [0.5, 0.6) is 5.75 Å². The SMILES string of the molecule is CNC(CC1CC1)c1ccc(OC)c(Cl)c1. The van der Waals surface area contributed by atoms with E-state index in [-0.39, 0.29) is 0 Å². The molecule has 1 saturated carbocycles. The van der Waals surface area contributed by atoms with Gasteiger partial charge in [0.25, 0.3) is 0 Å². The van der Waals surface area contributed by atoms with Gasteiger partial charge in [-0.05, 0) is 37.1 Å². The van der Waals surface area contributed by atoms with Gasteiger partial charge in [0.05, 0.1) is 12.1 Å². The van der Waals surface area contributed by atoms with Gasteiger partial charge in [-0.15, -0.1) is 0 Å². The van der Waals surface area contributed by atoms with Gasteiger partial charge in [0.15, 0.2) is 0 Å². The van der Waals surface area contributed by atoms with E-state index in [0.29, 0.717) is 11.1 Å². The van der Waals surface area contributed by atoms with Gasteiger partial charge in [-0.2, -0.15) is 0 Å². The monoisotopic (exact) mass is 239 g/mol. The molecule has 16 heavy (non-hydrogen) atoms. The summed E-state index contributed by atoms with van der Waals surface area (Å²) in [6.45, 7) is 0. The topological polar surface area (TPSA) is 21.3 Å². The minimum absolute atomic E-state index is 0.413. The highest BCUT2D eigenvalue weighted by molar-refractivity contribution is 6.32. The van der Waals surface area contributed by atoms with E-state index in [2.05, 4.69) is 11.4 Å². The number of benzene rings is 1. The first-order chi connectivity index (χ1) is 7.74. The van der Waals surface area contributed by atoms with Crippen molar-refractivity contribution in [2.24, 2.45) is 5.92 Å². The van der Waals surface area contributed by atoms with Crippen LogP contribution in [0, 0.1) is 5.92 Å². The van der Waals surface area contributed by atoms with Crippen molar-refractivity contribution < 1.29 is 4.74 Å². The molecule has 88 valence electrons. The van der Waals surface area contributed by atoms with Crippen LogP contribution in [0.15, 0.2) is 18.2 Å². The fraction of sp³-hybridized carbons (Fsp3) is 0.538. The molecule has 1 atom stereocenters. The molecule has 1 aliphatic rings. The summed E-state index contributed by atoms with van der Waals surface area (Å²) in [5.74, 6) is 1.64. The van der Waals surface area contributed by atoms with E-state index in [9.17, 15) is 0 Å². The van der Waals surface area contributed by atoms with Crippen LogP contribution in [0.4, 0.5) is 0 Å². The highest BCUT2D eigenvalue weighted by Crippen LogP contribution is 2.38. The molecule has 2 nitrogen and oxygen atoms in total. The lowest BCUT2D eigenvalue weighted by Gasteiger charge is -2.17. The van der Waals surface area contributed by atoms with Gasteiger partial charge in [0.2, 0.25) is 0 Å². The Bertz CT molecular complexity index is 363. The Labute approximate surface area is 102 Å². The average molecular weight is 240 g/mol. The molecule has 0 heterocycles. The molecule has 0 aliphatic heterocycles. The number of halogens is 1. The van der Waals surface area contributed by atoms with Crippen LogP contribution in [0.25, 0.3) is 0 Å². The summed E-state index contributed by atoms with van der Waals surface area (Å²) in [5.41, 5.74) is 1.25. The first-order valence-corrected chi connectivity index (χ1v) is 6.13. The van der Waals surface area contributed by atoms with Crippen LogP contribution in [0.3, 0.4) is 0 Å². The average Bonchev–Trinajstić information content (AvgIpc) is 3.09. The third-order valence-electron chi connectivity index (χ3n) is 3.19. The van der Waals surface area contributed by atoms with Gasteiger partial charge < -0.3 is 10.1 Å². The zero-order valence-corrected chi connectivity index (χ0v) is 10.6. The van der Waals surface area contributed by atoms with Crippen molar-refractivity contribution in [2.45, 2.75) is 25.3 Å². The second-order valence-electron chi connectivity index (χ2n) is 4.41. The van der Waals surface area contributed by atoms with Crippen molar-refractivity contribution in [1.82, 2.24) is 5.32 Å². The standard InChI is InChI=1S/C13H18ClNO/c1-15-12(7-9-3-4-9)10-5-6-13(16-2)11(14)8-10/h5-6,8-9,12,15H,3-4,7H2,1-2H3. The molecule has 0 spiro atoms. The van der Waals surface area contributed by atoms with Crippen LogP contribution >= 0.6 is 11.6 Å². The Balaban J connectivity index is 2.13. The van der Waals surface area contributed by atoms with E-state index in [1.807, 2.05) is 19.2 Å². The van der Waals surface area contributed by atoms with Crippen LogP contribution in [-0.2, 0) is 0 Å². The third-order valence-corrected chi connectivity index (χ3v) is 3.49. The molecule has 2 rings (SSSR count). The molecule has 1 N–H and O–H groups in total. The summed E-state index contributed by atoms with van der Waals surface area (Å²) in [6.07, 6.45) is 3.96. The minimum Gasteiger partial charge on any atom is -0.495 e. The molecule has 1 aromatic carbocycles. The molecule has 0 bridgehead atoms. The Morgan fingerprint density at radius 3 is 2.75 bits per heavy atom. The van der Waals surface area contributed by atoms with E-state index in [1.165, 1.54) is 24.8 Å². The maximum Gasteiger partial charge on any atom is 0.137 e. The van der Waals surface area contributed by atoms with E-state index in [4.69, 9.17) is 16.3 Å². The van der Waals surface area contributed by atoms with Crippen LogP contribution in [-0.4, -0.2) is 14.2 Å². The molecular formula is C13H18ClNO. The van der Waals surface area contributed by atoms with Crippen molar-refractivity contribution >= 4 is 11.6 Å². The number of nitrogens with one attached hydrogen (secondary N) is 1. The van der Waals surface area contributed by atoms with E-state index in [0.717, 1.165) is 11.7 Å². The Morgan fingerprint density at radius 1 is 1.50 bits per heavy atom. The second-order valence-corrected chi connectivity index (χ2v) is 4.82. The highest BCUT2D eigenvalue weighted by atomic mass is 35.5. The predicted molar refractivity (Wildman–Crippen MR) is 67.1 cm³/mol. The van der Waals surface area contributed by atoms with Gasteiger partial charge >= 0.3 is 0 Å². The Morgan fingerprint density at radius 2 is 2.25 bits per heavy atom. The first kappa shape index (κ1) is 11.7. The van der Waals surface area contributed by atoms with E-state index >= 15 is 0 Å². The zero-order chi connectivity index (χ0) is 11.5. The summed E-state index contributed by atoms with van der Waals surface area (Å²) in [6, 6.07) is 6.45. The van der Waals surface area contributed by atoms with Crippen molar-refractivity contribution in [3.8, 4) is 5.75 Å². The number of hydrogen-bond acceptors (Lipinski definition) is 2. The molecule has 1 aliphatic carbocycles. The van der Waals surface area contributed by atoms with Gasteiger partial charge in [0, 0.05) is 6.04 Å². The zero-order valence-electron chi connectivity index (χ0n) is 9.79. The fourth-order valence-electron chi connectivity index (χ4n) is 2.01. The second kappa shape index (κ2) is 5.07. The normalized spacial score (nSPS) is 17.2. The Hall–Kier alpha value is -0.730. The molecule has 0 saturated heterocycles. The maximum atomic E-state index is 6.13. The van der Waals surface area contributed by atoms with Crippen molar-refractivity contribution in [3.05, 3.63) is 28.8 Å². The van der Waals surface area contributed by atoms with Gasteiger partial charge in [-0.3, -0.25) is 0 Å². The lowest BCUT2D eigenvalue weighted by molar-refractivity contribution is 0.414. The number of ether oxygens (including phenoxy) is 1. The largest absolute Gasteiger partial charge is 0.495 e. The quantitative estimate of drug-likeness (QED) is 0.850. The van der Waals surface area contributed by atoms with E-state index in [1.54, 1.807) is 7.11 Å². The summed E-state index contributed by atoms with van der Waals surface area (Å²) in [5, 5.41) is 4.05. The summed E-state index contributed by atoms with van der Waals surface area (Å²) in [7, 11) is 3.64. The summed E-state index contributed by atoms with van der Waals surface area (Å²) >= 11 is 6.13. The van der Waals surface area contributed by atoms with Crippen LogP contribution < -0.4 is 10.1 Å². The van der Waals surface area contributed by atoms with E-state index < -0.39 is 0 Å². The first-order valence-electron chi connectivity index (χ1n) is 5.75. The molecule has 3 heteroatoms. The summed E-state index contributed by atoms with van der Waals surface area (Å²) < 4.78 is 5.15. The van der Waals surface area contributed by atoms with Crippen molar-refractivity contribution in [2.75, 3.05) is 14.2 Å². The lowest BCUT2D eigenvalue weighted by Crippen LogP contribution is -2.16. The van der Waals surface area contributed by atoms with Crippen LogP contribution in [0.2, 0.25) is 5.02 Å². The minimum atomic E-state index is 0.413. The predicted octanol–water partition coefficient (Wildman–Crippen LogP) is 3.41. The van der Waals surface area contributed by atoms with Crippen molar-refractivity contribution in [1.29, 1.82) is 0 Å². The fourth-order valence-corrected chi connectivity index (χ4v) is 2.27. The highest BCUT2D eigenvalue weighted by Gasteiger charge is 2.25. The molecule has 0 amide bonds. The molecular weight excluding hydrogens is 222 g/mol. The Kier molecular flexibility index (Phi) is 3.72. The van der Waals surface area contributed by atoms with Gasteiger partial charge in [-0.25, -0.2) is 0 Å². The van der Waals surface area contributed by atoms with Gasteiger partial charge in [0.1, 0.15) is 5.75 Å². The molecule has 0 aromatic heterocycles. The molecule has 1 fully saturated rings.